The second kappa shape index (κ2) is 10.8. The smallest absolute Gasteiger partial charge is 0.410 e. The predicted octanol–water partition coefficient (Wildman–Crippen LogP) is 7.31. The lowest BCUT2D eigenvalue weighted by atomic mass is 9.93. The summed E-state index contributed by atoms with van der Waals surface area (Å²) in [5, 5.41) is 7.13. The molecule has 2 aliphatic heterocycles. The van der Waals surface area contributed by atoms with E-state index in [0.29, 0.717) is 22.6 Å². The number of fused-ring (bicyclic) bond motifs is 1. The molecule has 2 fully saturated rings. The van der Waals surface area contributed by atoms with E-state index in [9.17, 15) is 9.59 Å². The van der Waals surface area contributed by atoms with Crippen LogP contribution < -0.4 is 10.2 Å². The summed E-state index contributed by atoms with van der Waals surface area (Å²) in [6.45, 7) is 7.88. The summed E-state index contributed by atoms with van der Waals surface area (Å²) in [5.74, 6) is -0.0619. The standard InChI is InChI=1S/C25H26Cl3N5O3S2/c1-25(2,3)36-24(35)33-7-4-13-11-32(6-5-17(13)33)22-19(18-9-15(26)12-37-18)30-23(38-22)31-21(34)14-8-16(27)20(28)29-10-14/h8-10,12-13,17H,4-7,11H2,1-3H3,(H,30,31,34). The van der Waals surface area contributed by atoms with Gasteiger partial charge in [-0.05, 0) is 51.7 Å². The first-order chi connectivity index (χ1) is 18.0. The van der Waals surface area contributed by atoms with Crippen LogP contribution in [0.4, 0.5) is 14.9 Å². The van der Waals surface area contributed by atoms with E-state index in [1.165, 1.54) is 34.9 Å². The van der Waals surface area contributed by atoms with E-state index in [-0.39, 0.29) is 33.8 Å². The molecule has 0 aliphatic carbocycles. The molecule has 8 nitrogen and oxygen atoms in total. The Balaban J connectivity index is 1.37. The number of thiophene rings is 1. The quantitative estimate of drug-likeness (QED) is 0.310. The van der Waals surface area contributed by atoms with Crippen LogP contribution in [0.25, 0.3) is 10.6 Å². The first kappa shape index (κ1) is 27.5. The Kier molecular flexibility index (Phi) is 7.81. The minimum absolute atomic E-state index is 0.136. The molecule has 0 bridgehead atoms. The molecular weight excluding hydrogens is 589 g/mol. The number of amides is 2. The van der Waals surface area contributed by atoms with Gasteiger partial charge in [-0.25, -0.2) is 14.8 Å². The number of rotatable bonds is 4. The van der Waals surface area contributed by atoms with Crippen molar-refractivity contribution < 1.29 is 14.3 Å². The maximum absolute atomic E-state index is 12.9. The summed E-state index contributed by atoms with van der Waals surface area (Å²) in [5.41, 5.74) is 0.532. The molecule has 13 heteroatoms. The number of piperidine rings is 1. The highest BCUT2D eigenvalue weighted by molar-refractivity contribution is 7.21. The molecule has 38 heavy (non-hydrogen) atoms. The van der Waals surface area contributed by atoms with E-state index in [2.05, 4.69) is 15.2 Å². The number of nitrogens with zero attached hydrogens (tertiary/aromatic N) is 4. The lowest BCUT2D eigenvalue weighted by Crippen LogP contribution is -2.48. The second-order valence-electron chi connectivity index (χ2n) is 10.3. The van der Waals surface area contributed by atoms with Crippen molar-refractivity contribution in [3.63, 3.8) is 0 Å². The topological polar surface area (TPSA) is 87.7 Å². The predicted molar refractivity (Wildman–Crippen MR) is 154 cm³/mol. The van der Waals surface area contributed by atoms with Gasteiger partial charge >= 0.3 is 6.09 Å². The normalized spacial score (nSPS) is 19.4. The Bertz CT molecular complexity index is 1370. The van der Waals surface area contributed by atoms with Gasteiger partial charge < -0.3 is 14.5 Å². The molecule has 2 amide bonds. The largest absolute Gasteiger partial charge is 0.444 e. The number of pyridine rings is 1. The van der Waals surface area contributed by atoms with Crippen LogP contribution in [-0.2, 0) is 4.74 Å². The summed E-state index contributed by atoms with van der Waals surface area (Å²) in [6, 6.07) is 3.50. The number of likely N-dealkylation sites (tertiary alicyclic amines) is 1. The van der Waals surface area contributed by atoms with Crippen LogP contribution in [0.3, 0.4) is 0 Å². The number of halogens is 3. The third-order valence-corrected chi connectivity index (χ3v) is 9.44. The van der Waals surface area contributed by atoms with Gasteiger partial charge in [-0.1, -0.05) is 46.1 Å². The van der Waals surface area contributed by atoms with Crippen molar-refractivity contribution in [1.29, 1.82) is 0 Å². The zero-order chi connectivity index (χ0) is 27.2. The second-order valence-corrected chi connectivity index (χ2v) is 13.4. The molecule has 5 heterocycles. The Labute approximate surface area is 243 Å². The van der Waals surface area contributed by atoms with E-state index >= 15 is 0 Å². The van der Waals surface area contributed by atoms with Crippen molar-refractivity contribution in [2.75, 3.05) is 29.9 Å². The molecule has 5 rings (SSSR count). The van der Waals surface area contributed by atoms with Gasteiger partial charge in [0.15, 0.2) is 5.13 Å². The molecule has 1 N–H and O–H groups in total. The molecule has 0 spiro atoms. The fourth-order valence-electron chi connectivity index (χ4n) is 4.81. The molecule has 2 atom stereocenters. The Morgan fingerprint density at radius 3 is 2.63 bits per heavy atom. The van der Waals surface area contributed by atoms with Gasteiger partial charge in [0.25, 0.3) is 5.91 Å². The third-order valence-electron chi connectivity index (χ3n) is 6.44. The molecule has 0 radical (unpaired) electrons. The first-order valence-corrected chi connectivity index (χ1v) is 14.9. The fourth-order valence-corrected chi connectivity index (χ4v) is 7.22. The number of nitrogens with one attached hydrogen (secondary N) is 1. The van der Waals surface area contributed by atoms with Crippen LogP contribution in [0, 0.1) is 5.92 Å². The summed E-state index contributed by atoms with van der Waals surface area (Å²) >= 11 is 21.1. The molecule has 0 saturated carbocycles. The van der Waals surface area contributed by atoms with Crippen molar-refractivity contribution in [3.05, 3.63) is 44.5 Å². The Hall–Kier alpha value is -2.11. The summed E-state index contributed by atoms with van der Waals surface area (Å²) in [4.78, 5) is 39.5. The summed E-state index contributed by atoms with van der Waals surface area (Å²) in [6.07, 6.45) is 2.86. The Morgan fingerprint density at radius 1 is 1.16 bits per heavy atom. The SMILES string of the molecule is CC(C)(C)OC(=O)N1CCC2CN(c3sc(NC(=O)c4cnc(Cl)c(Cl)c4)nc3-c3cc(Cl)cs3)CCC21. The van der Waals surface area contributed by atoms with Crippen LogP contribution in [0.2, 0.25) is 15.2 Å². The van der Waals surface area contributed by atoms with Crippen molar-refractivity contribution in [3.8, 4) is 10.6 Å². The van der Waals surface area contributed by atoms with Gasteiger partial charge in [-0.3, -0.25) is 10.1 Å². The van der Waals surface area contributed by atoms with Crippen molar-refractivity contribution in [1.82, 2.24) is 14.9 Å². The number of thiazole rings is 1. The Morgan fingerprint density at radius 2 is 1.95 bits per heavy atom. The molecule has 2 aliphatic rings. The highest BCUT2D eigenvalue weighted by atomic mass is 35.5. The average molecular weight is 615 g/mol. The molecule has 3 aromatic rings. The zero-order valence-corrected chi connectivity index (χ0v) is 24.9. The maximum atomic E-state index is 12.9. The molecule has 3 aromatic heterocycles. The first-order valence-electron chi connectivity index (χ1n) is 12.1. The van der Waals surface area contributed by atoms with Gasteiger partial charge in [0.05, 0.1) is 20.5 Å². The van der Waals surface area contributed by atoms with Gasteiger partial charge in [0.1, 0.15) is 21.4 Å². The fraction of sp³-hybridized carbons (Fsp3) is 0.440. The van der Waals surface area contributed by atoms with Gasteiger partial charge in [0, 0.05) is 37.3 Å². The van der Waals surface area contributed by atoms with Gasteiger partial charge in [0.2, 0.25) is 0 Å². The number of hydrogen-bond donors (Lipinski definition) is 1. The van der Waals surface area contributed by atoms with Crippen molar-refractivity contribution in [2.45, 2.75) is 45.3 Å². The number of aromatic nitrogens is 2. The van der Waals surface area contributed by atoms with E-state index in [0.717, 1.165) is 41.5 Å². The minimum Gasteiger partial charge on any atom is -0.444 e. The van der Waals surface area contributed by atoms with Crippen LogP contribution in [0.1, 0.15) is 44.0 Å². The van der Waals surface area contributed by atoms with Crippen LogP contribution in [-0.4, -0.2) is 58.1 Å². The highest BCUT2D eigenvalue weighted by Crippen LogP contribution is 2.44. The van der Waals surface area contributed by atoms with Gasteiger partial charge in [-0.2, -0.15) is 0 Å². The third kappa shape index (κ3) is 5.89. The van der Waals surface area contributed by atoms with E-state index in [1.807, 2.05) is 37.1 Å². The number of hydrogen-bond acceptors (Lipinski definition) is 8. The summed E-state index contributed by atoms with van der Waals surface area (Å²) in [7, 11) is 0. The average Bonchev–Trinajstić information content (AvgIpc) is 3.57. The van der Waals surface area contributed by atoms with E-state index in [4.69, 9.17) is 44.5 Å². The highest BCUT2D eigenvalue weighted by Gasteiger charge is 2.42. The number of anilines is 2. The number of carbonyl (C=O) groups excluding carboxylic acids is 2. The zero-order valence-electron chi connectivity index (χ0n) is 21.0. The monoisotopic (exact) mass is 613 g/mol. The van der Waals surface area contributed by atoms with Crippen LogP contribution >= 0.6 is 57.5 Å². The van der Waals surface area contributed by atoms with E-state index in [1.54, 1.807) is 0 Å². The molecular formula is C25H26Cl3N5O3S2. The molecule has 2 saturated heterocycles. The van der Waals surface area contributed by atoms with Crippen LogP contribution in [0.15, 0.2) is 23.7 Å². The van der Waals surface area contributed by atoms with Gasteiger partial charge in [-0.15, -0.1) is 11.3 Å². The van der Waals surface area contributed by atoms with Crippen LogP contribution in [0.5, 0.6) is 0 Å². The molecule has 2 unspecified atom stereocenters. The molecule has 202 valence electrons. The number of carbonyl (C=O) groups is 2. The van der Waals surface area contributed by atoms with Crippen molar-refractivity contribution in [2.24, 2.45) is 5.92 Å². The van der Waals surface area contributed by atoms with Crippen molar-refractivity contribution >= 4 is 79.6 Å². The number of ether oxygens (including phenoxy) is 1. The lowest BCUT2D eigenvalue weighted by molar-refractivity contribution is 0.0194. The lowest BCUT2D eigenvalue weighted by Gasteiger charge is -2.38. The summed E-state index contributed by atoms with van der Waals surface area (Å²) < 4.78 is 5.65. The minimum atomic E-state index is -0.524. The maximum Gasteiger partial charge on any atom is 0.410 e. The molecule has 0 aromatic carbocycles. The van der Waals surface area contributed by atoms with E-state index < -0.39 is 5.60 Å².